The van der Waals surface area contributed by atoms with E-state index in [1.807, 2.05) is 32.0 Å². The van der Waals surface area contributed by atoms with E-state index in [1.165, 1.54) is 0 Å². The van der Waals surface area contributed by atoms with E-state index in [1.54, 1.807) is 11.3 Å². The zero-order valence-corrected chi connectivity index (χ0v) is 11.9. The predicted octanol–water partition coefficient (Wildman–Crippen LogP) is 4.07. The molecular formula is C14H15N3OS. The van der Waals surface area contributed by atoms with Crippen LogP contribution in [0.3, 0.4) is 0 Å². The molecule has 0 aliphatic rings. The van der Waals surface area contributed by atoms with E-state index in [-0.39, 0.29) is 6.04 Å². The lowest BCUT2D eigenvalue weighted by molar-refractivity contribution is 0.561. The maximum Gasteiger partial charge on any atom is 0.192 e. The molecule has 1 unspecified atom stereocenters. The normalized spacial score (nSPS) is 12.8. The lowest BCUT2D eigenvalue weighted by Crippen LogP contribution is -2.06. The molecule has 2 aromatic heterocycles. The van der Waals surface area contributed by atoms with Crippen molar-refractivity contribution < 1.29 is 4.42 Å². The lowest BCUT2D eigenvalue weighted by Gasteiger charge is -2.12. The van der Waals surface area contributed by atoms with Crippen LogP contribution in [0.15, 0.2) is 28.0 Å². The second kappa shape index (κ2) is 4.66. The summed E-state index contributed by atoms with van der Waals surface area (Å²) in [5, 5.41) is 6.61. The van der Waals surface area contributed by atoms with Gasteiger partial charge in [-0.3, -0.25) is 0 Å². The molecule has 0 aliphatic heterocycles. The van der Waals surface area contributed by atoms with Gasteiger partial charge in [0.15, 0.2) is 11.5 Å². The summed E-state index contributed by atoms with van der Waals surface area (Å²) in [6, 6.07) is 6.12. The van der Waals surface area contributed by atoms with Gasteiger partial charge in [0, 0.05) is 18.0 Å². The molecule has 1 atom stereocenters. The van der Waals surface area contributed by atoms with Crippen molar-refractivity contribution in [1.82, 2.24) is 9.97 Å². The fraction of sp³-hybridized carbons (Fsp3) is 0.286. The second-order valence-electron chi connectivity index (χ2n) is 4.57. The molecular weight excluding hydrogens is 258 g/mol. The minimum Gasteiger partial charge on any atom is -0.441 e. The van der Waals surface area contributed by atoms with Crippen molar-refractivity contribution in [2.24, 2.45) is 0 Å². The SMILES string of the molecule is Cc1nc2cc(NC(C)c3csc(C)n3)ccc2o1. The number of hydrogen-bond donors (Lipinski definition) is 1. The van der Waals surface area contributed by atoms with Gasteiger partial charge >= 0.3 is 0 Å². The molecule has 0 amide bonds. The van der Waals surface area contributed by atoms with Crippen LogP contribution in [-0.4, -0.2) is 9.97 Å². The summed E-state index contributed by atoms with van der Waals surface area (Å²) in [6.07, 6.45) is 0. The predicted molar refractivity (Wildman–Crippen MR) is 77.6 cm³/mol. The number of thiazole rings is 1. The van der Waals surface area contributed by atoms with Crippen LogP contribution in [0.1, 0.15) is 29.6 Å². The van der Waals surface area contributed by atoms with E-state index in [4.69, 9.17) is 4.42 Å². The molecule has 1 N–H and O–H groups in total. The molecule has 2 heterocycles. The highest BCUT2D eigenvalue weighted by atomic mass is 32.1. The van der Waals surface area contributed by atoms with E-state index >= 15 is 0 Å². The van der Waals surface area contributed by atoms with Crippen LogP contribution in [0, 0.1) is 13.8 Å². The Morgan fingerprint density at radius 1 is 1.26 bits per heavy atom. The molecule has 0 saturated heterocycles. The summed E-state index contributed by atoms with van der Waals surface area (Å²) in [7, 11) is 0. The number of benzene rings is 1. The first-order chi connectivity index (χ1) is 9.11. The minimum absolute atomic E-state index is 0.176. The molecule has 98 valence electrons. The van der Waals surface area contributed by atoms with Gasteiger partial charge in [0.25, 0.3) is 0 Å². The number of rotatable bonds is 3. The van der Waals surface area contributed by atoms with Crippen molar-refractivity contribution in [3.05, 3.63) is 40.2 Å². The van der Waals surface area contributed by atoms with E-state index < -0.39 is 0 Å². The zero-order valence-electron chi connectivity index (χ0n) is 11.1. The number of anilines is 1. The Labute approximate surface area is 115 Å². The standard InChI is InChI=1S/C14H15N3OS/c1-8(13-7-19-10(3)17-13)15-11-4-5-14-12(6-11)16-9(2)18-14/h4-8,15H,1-3H3. The minimum atomic E-state index is 0.176. The Bertz CT molecular complexity index is 716. The van der Waals surface area contributed by atoms with Crippen LogP contribution in [-0.2, 0) is 0 Å². The smallest absolute Gasteiger partial charge is 0.192 e. The quantitative estimate of drug-likeness (QED) is 0.781. The van der Waals surface area contributed by atoms with Crippen molar-refractivity contribution in [1.29, 1.82) is 0 Å². The van der Waals surface area contributed by atoms with Gasteiger partial charge in [0.1, 0.15) is 5.52 Å². The third-order valence-electron chi connectivity index (χ3n) is 2.96. The lowest BCUT2D eigenvalue weighted by atomic mass is 10.2. The van der Waals surface area contributed by atoms with E-state index in [9.17, 15) is 0 Å². The van der Waals surface area contributed by atoms with Crippen LogP contribution in [0.4, 0.5) is 5.69 Å². The summed E-state index contributed by atoms with van der Waals surface area (Å²) in [4.78, 5) is 8.83. The van der Waals surface area contributed by atoms with Crippen LogP contribution >= 0.6 is 11.3 Å². The number of aromatic nitrogens is 2. The van der Waals surface area contributed by atoms with Crippen LogP contribution in [0.25, 0.3) is 11.1 Å². The third kappa shape index (κ3) is 2.46. The van der Waals surface area contributed by atoms with Crippen molar-refractivity contribution >= 4 is 28.1 Å². The molecule has 0 aliphatic carbocycles. The highest BCUT2D eigenvalue weighted by Gasteiger charge is 2.10. The second-order valence-corrected chi connectivity index (χ2v) is 5.64. The van der Waals surface area contributed by atoms with Crippen molar-refractivity contribution in [3.63, 3.8) is 0 Å². The maximum absolute atomic E-state index is 5.47. The summed E-state index contributed by atoms with van der Waals surface area (Å²) < 4.78 is 5.47. The van der Waals surface area contributed by atoms with Crippen LogP contribution in [0.2, 0.25) is 0 Å². The number of fused-ring (bicyclic) bond motifs is 1. The van der Waals surface area contributed by atoms with E-state index in [0.717, 1.165) is 27.5 Å². The highest BCUT2D eigenvalue weighted by Crippen LogP contribution is 2.24. The number of oxazole rings is 1. The first-order valence-electron chi connectivity index (χ1n) is 6.17. The Morgan fingerprint density at radius 2 is 2.11 bits per heavy atom. The first-order valence-corrected chi connectivity index (χ1v) is 7.05. The number of hydrogen-bond acceptors (Lipinski definition) is 5. The highest BCUT2D eigenvalue weighted by molar-refractivity contribution is 7.09. The van der Waals surface area contributed by atoms with Crippen molar-refractivity contribution in [3.8, 4) is 0 Å². The molecule has 0 fully saturated rings. The first kappa shape index (κ1) is 12.2. The van der Waals surface area contributed by atoms with E-state index in [0.29, 0.717) is 5.89 Å². The molecule has 4 nitrogen and oxygen atoms in total. The molecule has 0 spiro atoms. The fourth-order valence-electron chi connectivity index (χ4n) is 2.04. The van der Waals surface area contributed by atoms with Gasteiger partial charge in [-0.15, -0.1) is 11.3 Å². The summed E-state index contributed by atoms with van der Waals surface area (Å²) >= 11 is 1.67. The van der Waals surface area contributed by atoms with Gasteiger partial charge in [-0.2, -0.15) is 0 Å². The molecule has 3 aromatic rings. The van der Waals surface area contributed by atoms with Crippen LogP contribution < -0.4 is 5.32 Å². The van der Waals surface area contributed by atoms with Gasteiger partial charge in [-0.25, -0.2) is 9.97 Å². The molecule has 1 aromatic carbocycles. The molecule has 0 saturated carbocycles. The van der Waals surface area contributed by atoms with Crippen molar-refractivity contribution in [2.45, 2.75) is 26.8 Å². The van der Waals surface area contributed by atoms with Gasteiger partial charge < -0.3 is 9.73 Å². The molecule has 0 bridgehead atoms. The van der Waals surface area contributed by atoms with Crippen LogP contribution in [0.5, 0.6) is 0 Å². The summed E-state index contributed by atoms with van der Waals surface area (Å²) in [5.74, 6) is 0.690. The van der Waals surface area contributed by atoms with Gasteiger partial charge in [0.05, 0.1) is 16.7 Å². The van der Waals surface area contributed by atoms with E-state index in [2.05, 4.69) is 27.6 Å². The van der Waals surface area contributed by atoms with Crippen molar-refractivity contribution in [2.75, 3.05) is 5.32 Å². The third-order valence-corrected chi connectivity index (χ3v) is 3.75. The molecule has 5 heteroatoms. The van der Waals surface area contributed by atoms with Gasteiger partial charge in [-0.05, 0) is 32.0 Å². The molecule has 19 heavy (non-hydrogen) atoms. The molecule has 3 rings (SSSR count). The fourth-order valence-corrected chi connectivity index (χ4v) is 2.74. The Hall–Kier alpha value is -1.88. The maximum atomic E-state index is 5.47. The number of aryl methyl sites for hydroxylation is 2. The van der Waals surface area contributed by atoms with Gasteiger partial charge in [0.2, 0.25) is 0 Å². The molecule has 0 radical (unpaired) electrons. The number of nitrogens with one attached hydrogen (secondary N) is 1. The monoisotopic (exact) mass is 273 g/mol. The summed E-state index contributed by atoms with van der Waals surface area (Å²) in [5.41, 5.74) is 3.79. The Morgan fingerprint density at radius 3 is 2.84 bits per heavy atom. The average Bonchev–Trinajstić information content (AvgIpc) is 2.93. The topological polar surface area (TPSA) is 51.0 Å². The Balaban J connectivity index is 1.84. The zero-order chi connectivity index (χ0) is 13.4. The summed E-state index contributed by atoms with van der Waals surface area (Å²) in [6.45, 7) is 5.98. The average molecular weight is 273 g/mol. The Kier molecular flexibility index (Phi) is 2.98. The van der Waals surface area contributed by atoms with Gasteiger partial charge in [-0.1, -0.05) is 0 Å². The number of nitrogens with zero attached hydrogens (tertiary/aromatic N) is 2. The largest absolute Gasteiger partial charge is 0.441 e.